The standard InChI is InChI=1S/C9H18N2O2/c1-10-6-4-5-8(7-10)11(2)9(12)13-3/h8H,4-7H2,1-3H3. The molecule has 0 bridgehead atoms. The Hall–Kier alpha value is -0.770. The third-order valence-corrected chi connectivity index (χ3v) is 2.61. The molecule has 1 rings (SSSR count). The van der Waals surface area contributed by atoms with Crippen molar-refractivity contribution in [1.82, 2.24) is 9.80 Å². The lowest BCUT2D eigenvalue weighted by atomic mass is 10.1. The summed E-state index contributed by atoms with van der Waals surface area (Å²) in [7, 11) is 5.30. The second-order valence-electron chi connectivity index (χ2n) is 3.64. The van der Waals surface area contributed by atoms with Crippen LogP contribution in [0.25, 0.3) is 0 Å². The van der Waals surface area contributed by atoms with E-state index in [1.807, 2.05) is 0 Å². The Labute approximate surface area is 79.4 Å². The van der Waals surface area contributed by atoms with Crippen LogP contribution in [0.3, 0.4) is 0 Å². The van der Waals surface area contributed by atoms with Crippen LogP contribution in [0.4, 0.5) is 4.79 Å². The summed E-state index contributed by atoms with van der Waals surface area (Å²) < 4.78 is 4.67. The highest BCUT2D eigenvalue weighted by Gasteiger charge is 2.24. The van der Waals surface area contributed by atoms with E-state index in [0.717, 1.165) is 25.9 Å². The summed E-state index contributed by atoms with van der Waals surface area (Å²) in [6, 6.07) is 0.311. The van der Waals surface area contributed by atoms with Crippen molar-refractivity contribution in [2.45, 2.75) is 18.9 Å². The monoisotopic (exact) mass is 186 g/mol. The molecule has 0 N–H and O–H groups in total. The number of amides is 1. The first kappa shape index (κ1) is 10.3. The Morgan fingerprint density at radius 3 is 2.85 bits per heavy atom. The summed E-state index contributed by atoms with van der Waals surface area (Å²) in [5.41, 5.74) is 0. The van der Waals surface area contributed by atoms with Crippen molar-refractivity contribution in [2.75, 3.05) is 34.3 Å². The predicted molar refractivity (Wildman–Crippen MR) is 50.7 cm³/mol. The molecule has 1 saturated heterocycles. The van der Waals surface area contributed by atoms with Gasteiger partial charge in [-0.1, -0.05) is 0 Å². The zero-order valence-corrected chi connectivity index (χ0v) is 8.62. The van der Waals surface area contributed by atoms with E-state index in [0.29, 0.717) is 6.04 Å². The van der Waals surface area contributed by atoms with E-state index in [9.17, 15) is 4.79 Å². The summed E-state index contributed by atoms with van der Waals surface area (Å²) >= 11 is 0. The van der Waals surface area contributed by atoms with E-state index in [4.69, 9.17) is 0 Å². The maximum atomic E-state index is 11.2. The third-order valence-electron chi connectivity index (χ3n) is 2.61. The highest BCUT2D eigenvalue weighted by Crippen LogP contribution is 2.13. The van der Waals surface area contributed by atoms with E-state index in [1.165, 1.54) is 7.11 Å². The van der Waals surface area contributed by atoms with Crippen LogP contribution in [0.15, 0.2) is 0 Å². The Balaban J connectivity index is 2.45. The molecule has 1 aliphatic heterocycles. The van der Waals surface area contributed by atoms with Crippen molar-refractivity contribution < 1.29 is 9.53 Å². The van der Waals surface area contributed by atoms with Crippen LogP contribution >= 0.6 is 0 Å². The zero-order chi connectivity index (χ0) is 9.84. The quantitative estimate of drug-likeness (QED) is 0.606. The highest BCUT2D eigenvalue weighted by molar-refractivity contribution is 5.67. The predicted octanol–water partition coefficient (Wildman–Crippen LogP) is 0.779. The fourth-order valence-corrected chi connectivity index (χ4v) is 1.75. The van der Waals surface area contributed by atoms with Crippen molar-refractivity contribution in [1.29, 1.82) is 0 Å². The first-order valence-electron chi connectivity index (χ1n) is 4.64. The SMILES string of the molecule is COC(=O)N(C)C1CCCN(C)C1. The number of hydrogen-bond acceptors (Lipinski definition) is 3. The highest BCUT2D eigenvalue weighted by atomic mass is 16.5. The second kappa shape index (κ2) is 4.46. The van der Waals surface area contributed by atoms with Crippen LogP contribution in [0.2, 0.25) is 0 Å². The van der Waals surface area contributed by atoms with Gasteiger partial charge in [-0.05, 0) is 26.4 Å². The van der Waals surface area contributed by atoms with Gasteiger partial charge in [-0.3, -0.25) is 0 Å². The van der Waals surface area contributed by atoms with Crippen molar-refractivity contribution in [3.63, 3.8) is 0 Å². The van der Waals surface area contributed by atoms with Crippen LogP contribution in [-0.2, 0) is 4.74 Å². The largest absolute Gasteiger partial charge is 0.453 e. The maximum Gasteiger partial charge on any atom is 0.409 e. The minimum Gasteiger partial charge on any atom is -0.453 e. The molecule has 0 aromatic rings. The zero-order valence-electron chi connectivity index (χ0n) is 8.62. The van der Waals surface area contributed by atoms with Gasteiger partial charge >= 0.3 is 6.09 Å². The van der Waals surface area contributed by atoms with Crippen molar-refractivity contribution in [2.24, 2.45) is 0 Å². The van der Waals surface area contributed by atoms with Crippen LogP contribution < -0.4 is 0 Å². The third kappa shape index (κ3) is 2.59. The van der Waals surface area contributed by atoms with Crippen LogP contribution in [0.5, 0.6) is 0 Å². The number of ether oxygens (including phenoxy) is 1. The van der Waals surface area contributed by atoms with Gasteiger partial charge < -0.3 is 14.5 Å². The number of likely N-dealkylation sites (tertiary alicyclic amines) is 1. The molecular weight excluding hydrogens is 168 g/mol. The molecule has 0 aromatic carbocycles. The van der Waals surface area contributed by atoms with Gasteiger partial charge in [-0.15, -0.1) is 0 Å². The molecule has 0 saturated carbocycles. The molecule has 76 valence electrons. The molecule has 4 heteroatoms. The topological polar surface area (TPSA) is 32.8 Å². The Kier molecular flexibility index (Phi) is 3.54. The second-order valence-corrected chi connectivity index (χ2v) is 3.64. The van der Waals surface area contributed by atoms with E-state index >= 15 is 0 Å². The molecule has 0 aliphatic carbocycles. The lowest BCUT2D eigenvalue weighted by molar-refractivity contribution is 0.0925. The van der Waals surface area contributed by atoms with Gasteiger partial charge in [0, 0.05) is 19.6 Å². The van der Waals surface area contributed by atoms with Gasteiger partial charge in [0.15, 0.2) is 0 Å². The van der Waals surface area contributed by atoms with E-state index < -0.39 is 0 Å². The molecule has 13 heavy (non-hydrogen) atoms. The Morgan fingerprint density at radius 1 is 1.62 bits per heavy atom. The molecule has 4 nitrogen and oxygen atoms in total. The first-order chi connectivity index (χ1) is 6.15. The van der Waals surface area contributed by atoms with Gasteiger partial charge in [0.2, 0.25) is 0 Å². The smallest absolute Gasteiger partial charge is 0.409 e. The molecule has 1 heterocycles. The number of rotatable bonds is 1. The first-order valence-corrected chi connectivity index (χ1v) is 4.64. The van der Waals surface area contributed by atoms with Gasteiger partial charge in [0.25, 0.3) is 0 Å². The van der Waals surface area contributed by atoms with Crippen LogP contribution in [0.1, 0.15) is 12.8 Å². The molecule has 1 unspecified atom stereocenters. The number of nitrogens with zero attached hydrogens (tertiary/aromatic N) is 2. The number of methoxy groups -OCH3 is 1. The van der Waals surface area contributed by atoms with Gasteiger partial charge in [0.1, 0.15) is 0 Å². The lowest BCUT2D eigenvalue weighted by Crippen LogP contribution is -2.47. The number of likely N-dealkylation sites (N-methyl/N-ethyl adjacent to an activating group) is 2. The van der Waals surface area contributed by atoms with E-state index in [1.54, 1.807) is 11.9 Å². The summed E-state index contributed by atoms with van der Waals surface area (Å²) in [6.45, 7) is 2.08. The lowest BCUT2D eigenvalue weighted by Gasteiger charge is -2.34. The molecule has 1 amide bonds. The van der Waals surface area contributed by atoms with E-state index in [-0.39, 0.29) is 6.09 Å². The van der Waals surface area contributed by atoms with Gasteiger partial charge in [0.05, 0.1) is 7.11 Å². The molecule has 0 spiro atoms. The number of hydrogen-bond donors (Lipinski definition) is 0. The summed E-state index contributed by atoms with van der Waals surface area (Å²) in [6.07, 6.45) is 2.00. The van der Waals surface area contributed by atoms with Crippen LogP contribution in [0, 0.1) is 0 Å². The Bertz CT molecular complexity index is 184. The molecule has 1 atom stereocenters. The average Bonchev–Trinajstić information content (AvgIpc) is 2.15. The summed E-state index contributed by atoms with van der Waals surface area (Å²) in [5.74, 6) is 0. The van der Waals surface area contributed by atoms with Gasteiger partial charge in [-0.2, -0.15) is 0 Å². The molecule has 1 fully saturated rings. The summed E-state index contributed by atoms with van der Waals surface area (Å²) in [5, 5.41) is 0. The fraction of sp³-hybridized carbons (Fsp3) is 0.889. The van der Waals surface area contributed by atoms with E-state index in [2.05, 4.69) is 16.7 Å². The summed E-state index contributed by atoms with van der Waals surface area (Å²) in [4.78, 5) is 15.1. The van der Waals surface area contributed by atoms with Crippen molar-refractivity contribution in [3.8, 4) is 0 Å². The molecule has 1 aliphatic rings. The molecular formula is C9H18N2O2. The number of carbonyl (C=O) groups excluding carboxylic acids is 1. The minimum atomic E-state index is -0.236. The number of carbonyl (C=O) groups is 1. The molecule has 0 aromatic heterocycles. The average molecular weight is 186 g/mol. The van der Waals surface area contributed by atoms with Crippen molar-refractivity contribution >= 4 is 6.09 Å². The fourth-order valence-electron chi connectivity index (χ4n) is 1.75. The van der Waals surface area contributed by atoms with Gasteiger partial charge in [-0.25, -0.2) is 4.79 Å². The number of piperidine rings is 1. The maximum absolute atomic E-state index is 11.2. The minimum absolute atomic E-state index is 0.236. The van der Waals surface area contributed by atoms with Crippen molar-refractivity contribution in [3.05, 3.63) is 0 Å². The Morgan fingerprint density at radius 2 is 2.31 bits per heavy atom. The normalized spacial score (nSPS) is 24.1. The molecule has 0 radical (unpaired) electrons. The van der Waals surface area contributed by atoms with Crippen LogP contribution in [-0.4, -0.2) is 56.2 Å².